The van der Waals surface area contributed by atoms with Crippen LogP contribution in [0.1, 0.15) is 56.2 Å². The van der Waals surface area contributed by atoms with Crippen LogP contribution in [0.4, 0.5) is 4.39 Å². The molecule has 1 aliphatic carbocycles. The van der Waals surface area contributed by atoms with Crippen LogP contribution >= 0.6 is 0 Å². The van der Waals surface area contributed by atoms with E-state index < -0.39 is 0 Å². The van der Waals surface area contributed by atoms with Crippen molar-refractivity contribution in [1.82, 2.24) is 5.32 Å². The van der Waals surface area contributed by atoms with Gasteiger partial charge in [-0.15, -0.1) is 0 Å². The Bertz CT molecular complexity index is 387. The normalized spacial score (nSPS) is 20.0. The van der Waals surface area contributed by atoms with Crippen molar-refractivity contribution in [1.29, 1.82) is 0 Å². The third kappa shape index (κ3) is 2.44. The van der Waals surface area contributed by atoms with Crippen molar-refractivity contribution in [2.24, 2.45) is 5.41 Å². The van der Waals surface area contributed by atoms with Gasteiger partial charge in [0, 0.05) is 6.04 Å². The van der Waals surface area contributed by atoms with Crippen LogP contribution < -0.4 is 5.32 Å². The minimum absolute atomic E-state index is 0.116. The highest BCUT2D eigenvalue weighted by molar-refractivity contribution is 5.28. The van der Waals surface area contributed by atoms with Crippen molar-refractivity contribution in [2.45, 2.75) is 52.0 Å². The maximum Gasteiger partial charge on any atom is 0.123 e. The van der Waals surface area contributed by atoms with E-state index in [1.807, 2.05) is 14.0 Å². The molecule has 0 spiro atoms. The topological polar surface area (TPSA) is 12.0 Å². The first-order valence-corrected chi connectivity index (χ1v) is 7.05. The molecular formula is C16H24FN. The smallest absolute Gasteiger partial charge is 0.123 e. The maximum absolute atomic E-state index is 13.6. The maximum atomic E-state index is 13.6. The zero-order chi connectivity index (χ0) is 13.2. The van der Waals surface area contributed by atoms with E-state index >= 15 is 0 Å². The average Bonchev–Trinajstić information content (AvgIpc) is 2.78. The van der Waals surface area contributed by atoms with Gasteiger partial charge in [-0.1, -0.05) is 25.8 Å². The molecule has 100 valence electrons. The largest absolute Gasteiger partial charge is 0.313 e. The van der Waals surface area contributed by atoms with Crippen molar-refractivity contribution >= 4 is 0 Å². The summed E-state index contributed by atoms with van der Waals surface area (Å²) in [7, 11) is 2.00. The molecule has 0 saturated heterocycles. The Kier molecular flexibility index (Phi) is 4.06. The Balaban J connectivity index is 2.37. The van der Waals surface area contributed by atoms with Gasteiger partial charge in [0.05, 0.1) is 0 Å². The van der Waals surface area contributed by atoms with E-state index in [0.717, 1.165) is 17.5 Å². The van der Waals surface area contributed by atoms with Gasteiger partial charge in [-0.3, -0.25) is 0 Å². The van der Waals surface area contributed by atoms with E-state index in [-0.39, 0.29) is 11.9 Å². The lowest BCUT2D eigenvalue weighted by molar-refractivity contribution is 0.195. The highest BCUT2D eigenvalue weighted by Crippen LogP contribution is 2.50. The van der Waals surface area contributed by atoms with E-state index in [9.17, 15) is 4.39 Å². The molecule has 1 aliphatic rings. The number of aryl methyl sites for hydroxylation is 1. The summed E-state index contributed by atoms with van der Waals surface area (Å²) in [4.78, 5) is 0. The number of hydrogen-bond acceptors (Lipinski definition) is 1. The highest BCUT2D eigenvalue weighted by atomic mass is 19.1. The van der Waals surface area contributed by atoms with E-state index in [4.69, 9.17) is 0 Å². The van der Waals surface area contributed by atoms with Crippen LogP contribution in [-0.4, -0.2) is 7.05 Å². The molecule has 1 N–H and O–H groups in total. The lowest BCUT2D eigenvalue weighted by Gasteiger charge is -2.37. The third-order valence-corrected chi connectivity index (χ3v) is 4.60. The lowest BCUT2D eigenvalue weighted by atomic mass is 9.73. The first-order chi connectivity index (χ1) is 8.61. The summed E-state index contributed by atoms with van der Waals surface area (Å²) in [5.41, 5.74) is 2.43. The molecule has 0 heterocycles. The zero-order valence-corrected chi connectivity index (χ0v) is 11.7. The molecule has 2 rings (SSSR count). The van der Waals surface area contributed by atoms with Crippen molar-refractivity contribution in [3.63, 3.8) is 0 Å². The van der Waals surface area contributed by atoms with Crippen LogP contribution in [0.2, 0.25) is 0 Å². The fraction of sp³-hybridized carbons (Fsp3) is 0.625. The van der Waals surface area contributed by atoms with Gasteiger partial charge >= 0.3 is 0 Å². The zero-order valence-electron chi connectivity index (χ0n) is 11.7. The quantitative estimate of drug-likeness (QED) is 0.835. The molecular weight excluding hydrogens is 225 g/mol. The molecule has 1 saturated carbocycles. The van der Waals surface area contributed by atoms with Crippen molar-refractivity contribution < 1.29 is 4.39 Å². The molecule has 0 radical (unpaired) electrons. The van der Waals surface area contributed by atoms with Crippen LogP contribution in [0, 0.1) is 18.2 Å². The molecule has 2 heteroatoms. The molecule has 1 aromatic rings. The second-order valence-electron chi connectivity index (χ2n) is 5.71. The molecule has 0 amide bonds. The molecule has 0 aromatic heterocycles. The lowest BCUT2D eigenvalue weighted by Crippen LogP contribution is -2.34. The number of hydrogen-bond donors (Lipinski definition) is 1. The van der Waals surface area contributed by atoms with Gasteiger partial charge in [0.2, 0.25) is 0 Å². The predicted octanol–water partition coefficient (Wildman–Crippen LogP) is 4.37. The van der Waals surface area contributed by atoms with Gasteiger partial charge in [0.1, 0.15) is 5.82 Å². The van der Waals surface area contributed by atoms with Crippen LogP contribution in [0.5, 0.6) is 0 Å². The van der Waals surface area contributed by atoms with Gasteiger partial charge < -0.3 is 5.32 Å². The van der Waals surface area contributed by atoms with Crippen molar-refractivity contribution in [2.75, 3.05) is 7.05 Å². The number of rotatable bonds is 4. The summed E-state index contributed by atoms with van der Waals surface area (Å²) in [5, 5.41) is 3.44. The fourth-order valence-electron chi connectivity index (χ4n) is 3.68. The second kappa shape index (κ2) is 5.40. The monoisotopic (exact) mass is 249 g/mol. The number of benzene rings is 1. The summed E-state index contributed by atoms with van der Waals surface area (Å²) in [6, 6.07) is 5.70. The standard InChI is InChI=1S/C16H24FN/c1-4-16(7-5-6-8-16)15(18-3)13-9-12(2)10-14(17)11-13/h9-11,15,18H,4-8H2,1-3H3. The molecule has 1 nitrogen and oxygen atoms in total. The van der Waals surface area contributed by atoms with Gasteiger partial charge in [-0.05, 0) is 61.9 Å². The van der Waals surface area contributed by atoms with Gasteiger partial charge in [-0.2, -0.15) is 0 Å². The molecule has 1 atom stereocenters. The average molecular weight is 249 g/mol. The highest BCUT2D eigenvalue weighted by Gasteiger charge is 2.39. The molecule has 1 aromatic carbocycles. The Morgan fingerprint density at radius 2 is 1.94 bits per heavy atom. The summed E-state index contributed by atoms with van der Waals surface area (Å²) in [6.45, 7) is 4.23. The molecule has 0 aliphatic heterocycles. The summed E-state index contributed by atoms with van der Waals surface area (Å²) in [6.07, 6.45) is 6.28. The minimum atomic E-state index is -0.116. The fourth-order valence-corrected chi connectivity index (χ4v) is 3.68. The number of nitrogens with one attached hydrogen (secondary N) is 1. The molecule has 1 fully saturated rings. The number of halogens is 1. The Morgan fingerprint density at radius 3 is 2.44 bits per heavy atom. The van der Waals surface area contributed by atoms with E-state index in [0.29, 0.717) is 5.41 Å². The van der Waals surface area contributed by atoms with Crippen molar-refractivity contribution in [3.05, 3.63) is 35.1 Å². The second-order valence-corrected chi connectivity index (χ2v) is 5.71. The van der Waals surface area contributed by atoms with Gasteiger partial charge in [0.15, 0.2) is 0 Å². The summed E-state index contributed by atoms with van der Waals surface area (Å²) in [5.74, 6) is -0.116. The molecule has 0 bridgehead atoms. The van der Waals surface area contributed by atoms with Crippen LogP contribution in [-0.2, 0) is 0 Å². The SMILES string of the molecule is CCC1(C(NC)c2cc(C)cc(F)c2)CCCC1. The first-order valence-electron chi connectivity index (χ1n) is 7.05. The van der Waals surface area contributed by atoms with E-state index in [2.05, 4.69) is 18.3 Å². The minimum Gasteiger partial charge on any atom is -0.313 e. The Labute approximate surface area is 110 Å². The molecule has 18 heavy (non-hydrogen) atoms. The van der Waals surface area contributed by atoms with Crippen LogP contribution in [0.15, 0.2) is 18.2 Å². The predicted molar refractivity (Wildman–Crippen MR) is 74.1 cm³/mol. The van der Waals surface area contributed by atoms with E-state index in [1.54, 1.807) is 12.1 Å². The third-order valence-electron chi connectivity index (χ3n) is 4.60. The Hall–Kier alpha value is -0.890. The van der Waals surface area contributed by atoms with Crippen LogP contribution in [0.25, 0.3) is 0 Å². The van der Waals surface area contributed by atoms with Crippen molar-refractivity contribution in [3.8, 4) is 0 Å². The van der Waals surface area contributed by atoms with Gasteiger partial charge in [0.25, 0.3) is 0 Å². The Morgan fingerprint density at radius 1 is 1.28 bits per heavy atom. The van der Waals surface area contributed by atoms with E-state index in [1.165, 1.54) is 25.7 Å². The summed E-state index contributed by atoms with van der Waals surface area (Å²) >= 11 is 0. The molecule has 1 unspecified atom stereocenters. The van der Waals surface area contributed by atoms with Gasteiger partial charge in [-0.25, -0.2) is 4.39 Å². The first kappa shape index (κ1) is 13.5. The summed E-state index contributed by atoms with van der Waals surface area (Å²) < 4.78 is 13.6. The van der Waals surface area contributed by atoms with Crippen LogP contribution in [0.3, 0.4) is 0 Å².